The van der Waals surface area contributed by atoms with Crippen LogP contribution < -0.4 is 4.74 Å². The highest BCUT2D eigenvalue weighted by Gasteiger charge is 2.00. The number of hydrogen-bond donors (Lipinski definition) is 0. The molecule has 78 valence electrons. The van der Waals surface area contributed by atoms with Gasteiger partial charge in [0.05, 0.1) is 6.42 Å². The monoisotopic (exact) mass is 222 g/mol. The number of rotatable bonds is 4. The Hall–Kier alpha value is -1.46. The molecule has 0 aliphatic rings. The summed E-state index contributed by atoms with van der Waals surface area (Å²) in [6.07, 6.45) is 0.240. The third-order valence-electron chi connectivity index (χ3n) is 1.68. The fourth-order valence-electron chi connectivity index (χ4n) is 0.933. The maximum Gasteiger partial charge on any atom is 0.182 e. The normalized spacial score (nSPS) is 8.93. The second-order valence-electron chi connectivity index (χ2n) is 2.88. The van der Waals surface area contributed by atoms with Gasteiger partial charge in [-0.1, -0.05) is 17.5 Å². The molecular formula is C12H11ClO2. The lowest BCUT2D eigenvalue weighted by atomic mass is 10.3. The lowest BCUT2D eigenvalue weighted by Gasteiger charge is -2.03. The Kier molecular flexibility index (Phi) is 4.73. The van der Waals surface area contributed by atoms with Crippen molar-refractivity contribution in [3.63, 3.8) is 0 Å². The van der Waals surface area contributed by atoms with E-state index in [-0.39, 0.29) is 18.8 Å². The minimum atomic E-state index is -0.0284. The molecule has 0 radical (unpaired) electrons. The average Bonchev–Trinajstić information content (AvgIpc) is 2.25. The van der Waals surface area contributed by atoms with Crippen molar-refractivity contribution in [1.82, 2.24) is 0 Å². The van der Waals surface area contributed by atoms with E-state index >= 15 is 0 Å². The molecule has 0 spiro atoms. The van der Waals surface area contributed by atoms with Crippen LogP contribution in [-0.4, -0.2) is 12.4 Å². The summed E-state index contributed by atoms with van der Waals surface area (Å²) in [5, 5.41) is 0.644. The number of carbonyl (C=O) groups excluding carboxylic acids is 1. The van der Waals surface area contributed by atoms with Gasteiger partial charge in [-0.3, -0.25) is 4.79 Å². The van der Waals surface area contributed by atoms with E-state index in [4.69, 9.17) is 16.3 Å². The molecule has 0 unspecified atom stereocenters. The van der Waals surface area contributed by atoms with Gasteiger partial charge in [0.25, 0.3) is 0 Å². The molecule has 1 rings (SSSR count). The summed E-state index contributed by atoms with van der Waals surface area (Å²) in [5.41, 5.74) is 0. The number of carbonyl (C=O) groups is 1. The minimum absolute atomic E-state index is 0.0284. The summed E-state index contributed by atoms with van der Waals surface area (Å²) >= 11 is 5.70. The Balaban J connectivity index is 2.39. The number of halogens is 1. The molecule has 0 aliphatic carbocycles. The number of hydrogen-bond acceptors (Lipinski definition) is 2. The average molecular weight is 223 g/mol. The van der Waals surface area contributed by atoms with Crippen LogP contribution in [-0.2, 0) is 4.79 Å². The van der Waals surface area contributed by atoms with E-state index in [1.54, 1.807) is 31.2 Å². The van der Waals surface area contributed by atoms with E-state index in [0.717, 1.165) is 0 Å². The molecule has 0 saturated heterocycles. The number of benzene rings is 1. The van der Waals surface area contributed by atoms with Crippen molar-refractivity contribution in [1.29, 1.82) is 0 Å². The number of Topliss-reactive ketones (excluding diaryl/α,β-unsaturated/α-hetero) is 1. The first-order chi connectivity index (χ1) is 7.22. The molecule has 0 fully saturated rings. The zero-order valence-corrected chi connectivity index (χ0v) is 9.17. The van der Waals surface area contributed by atoms with Crippen LogP contribution in [0.25, 0.3) is 0 Å². The van der Waals surface area contributed by atoms with Gasteiger partial charge in [0.2, 0.25) is 0 Å². The standard InChI is InChI=1S/C12H11ClO2/c1-2-3-4-11(14)9-15-12-7-5-10(13)6-8-12/h5-8H,4,9H2,1H3. The van der Waals surface area contributed by atoms with E-state index in [1.165, 1.54) is 0 Å². The maximum absolute atomic E-state index is 11.2. The summed E-state index contributed by atoms with van der Waals surface area (Å²) in [7, 11) is 0. The van der Waals surface area contributed by atoms with E-state index < -0.39 is 0 Å². The van der Waals surface area contributed by atoms with Gasteiger partial charge >= 0.3 is 0 Å². The van der Waals surface area contributed by atoms with E-state index in [0.29, 0.717) is 10.8 Å². The van der Waals surface area contributed by atoms with Crippen LogP contribution in [0.5, 0.6) is 5.75 Å². The predicted octanol–water partition coefficient (Wildman–Crippen LogP) is 2.70. The van der Waals surface area contributed by atoms with Crippen LogP contribution in [0.1, 0.15) is 13.3 Å². The fraction of sp³-hybridized carbons (Fsp3) is 0.250. The minimum Gasteiger partial charge on any atom is -0.486 e. The van der Waals surface area contributed by atoms with E-state index in [1.807, 2.05) is 0 Å². The smallest absolute Gasteiger partial charge is 0.182 e. The van der Waals surface area contributed by atoms with Crippen molar-refractivity contribution in [3.8, 4) is 17.6 Å². The highest BCUT2D eigenvalue weighted by molar-refractivity contribution is 6.30. The predicted molar refractivity (Wildman–Crippen MR) is 60.0 cm³/mol. The van der Waals surface area contributed by atoms with Gasteiger partial charge in [-0.25, -0.2) is 0 Å². The topological polar surface area (TPSA) is 26.3 Å². The zero-order valence-electron chi connectivity index (χ0n) is 8.42. The first-order valence-corrected chi connectivity index (χ1v) is 4.90. The van der Waals surface area contributed by atoms with Crippen molar-refractivity contribution in [3.05, 3.63) is 29.3 Å². The molecule has 0 atom stereocenters. The van der Waals surface area contributed by atoms with Crippen LogP contribution in [0.15, 0.2) is 24.3 Å². The van der Waals surface area contributed by atoms with E-state index in [2.05, 4.69) is 11.8 Å². The van der Waals surface area contributed by atoms with Crippen LogP contribution in [0.4, 0.5) is 0 Å². The van der Waals surface area contributed by atoms with Crippen molar-refractivity contribution in [2.45, 2.75) is 13.3 Å². The van der Waals surface area contributed by atoms with Gasteiger partial charge in [0.15, 0.2) is 5.78 Å². The SMILES string of the molecule is CC#CCC(=O)COc1ccc(Cl)cc1. The number of ether oxygens (including phenoxy) is 1. The van der Waals surface area contributed by atoms with Crippen molar-refractivity contribution in [2.75, 3.05) is 6.61 Å². The Bertz CT molecular complexity index is 384. The largest absolute Gasteiger partial charge is 0.486 e. The Morgan fingerprint density at radius 1 is 1.40 bits per heavy atom. The summed E-state index contributed by atoms with van der Waals surface area (Å²) in [4.78, 5) is 11.2. The molecule has 0 amide bonds. The molecule has 0 bridgehead atoms. The molecule has 15 heavy (non-hydrogen) atoms. The molecule has 0 aliphatic heterocycles. The summed E-state index contributed by atoms with van der Waals surface area (Å²) in [5.74, 6) is 5.96. The lowest BCUT2D eigenvalue weighted by Crippen LogP contribution is -2.09. The summed E-state index contributed by atoms with van der Waals surface area (Å²) in [6, 6.07) is 6.88. The van der Waals surface area contributed by atoms with Gasteiger partial charge in [-0.05, 0) is 31.2 Å². The Morgan fingerprint density at radius 2 is 2.07 bits per heavy atom. The van der Waals surface area contributed by atoms with Crippen LogP contribution in [0.3, 0.4) is 0 Å². The zero-order chi connectivity index (χ0) is 11.1. The van der Waals surface area contributed by atoms with Crippen molar-refractivity contribution < 1.29 is 9.53 Å². The third-order valence-corrected chi connectivity index (χ3v) is 1.93. The first kappa shape index (κ1) is 11.6. The van der Waals surface area contributed by atoms with Crippen molar-refractivity contribution >= 4 is 17.4 Å². The fourth-order valence-corrected chi connectivity index (χ4v) is 1.06. The second-order valence-corrected chi connectivity index (χ2v) is 3.32. The van der Waals surface area contributed by atoms with Gasteiger partial charge < -0.3 is 4.74 Å². The van der Waals surface area contributed by atoms with Gasteiger partial charge in [0.1, 0.15) is 12.4 Å². The van der Waals surface area contributed by atoms with Crippen LogP contribution in [0, 0.1) is 11.8 Å². The quantitative estimate of drug-likeness (QED) is 0.733. The van der Waals surface area contributed by atoms with Crippen LogP contribution in [0.2, 0.25) is 5.02 Å². The Labute approximate surface area is 94.2 Å². The molecule has 2 nitrogen and oxygen atoms in total. The summed E-state index contributed by atoms with van der Waals surface area (Å²) < 4.78 is 5.24. The molecule has 3 heteroatoms. The molecule has 0 N–H and O–H groups in total. The summed E-state index contributed by atoms with van der Waals surface area (Å²) in [6.45, 7) is 1.75. The molecule has 1 aromatic carbocycles. The number of ketones is 1. The maximum atomic E-state index is 11.2. The van der Waals surface area contributed by atoms with Crippen molar-refractivity contribution in [2.24, 2.45) is 0 Å². The van der Waals surface area contributed by atoms with E-state index in [9.17, 15) is 4.79 Å². The Morgan fingerprint density at radius 3 is 2.67 bits per heavy atom. The third kappa shape index (κ3) is 4.53. The van der Waals surface area contributed by atoms with Gasteiger partial charge in [0, 0.05) is 5.02 Å². The molecule has 0 saturated carbocycles. The van der Waals surface area contributed by atoms with Crippen LogP contribution >= 0.6 is 11.6 Å². The van der Waals surface area contributed by atoms with Gasteiger partial charge in [-0.2, -0.15) is 0 Å². The highest BCUT2D eigenvalue weighted by Crippen LogP contribution is 2.15. The van der Waals surface area contributed by atoms with Gasteiger partial charge in [-0.15, -0.1) is 5.92 Å². The molecular weight excluding hydrogens is 212 g/mol. The first-order valence-electron chi connectivity index (χ1n) is 4.52. The molecule has 0 aromatic heterocycles. The lowest BCUT2D eigenvalue weighted by molar-refractivity contribution is -0.120. The molecule has 1 aromatic rings. The highest BCUT2D eigenvalue weighted by atomic mass is 35.5. The second kappa shape index (κ2) is 6.10. The molecule has 0 heterocycles.